The highest BCUT2D eigenvalue weighted by molar-refractivity contribution is 8.01. The number of hydrogen-bond acceptors (Lipinski definition) is 5. The minimum absolute atomic E-state index is 0.0603. The molecule has 3 aliphatic rings. The van der Waals surface area contributed by atoms with Crippen LogP contribution in [0, 0.1) is 0 Å². The molecule has 6 nitrogen and oxygen atoms in total. The molecule has 2 unspecified atom stereocenters. The average Bonchev–Trinajstić information content (AvgIpc) is 3.13. The molecule has 1 aromatic carbocycles. The van der Waals surface area contributed by atoms with E-state index < -0.39 is 0 Å². The summed E-state index contributed by atoms with van der Waals surface area (Å²) in [5.41, 5.74) is 0.848. The molecule has 2 fully saturated rings. The molecule has 2 saturated heterocycles. The summed E-state index contributed by atoms with van der Waals surface area (Å²) in [5.74, 6) is 0.0413. The van der Waals surface area contributed by atoms with Crippen molar-refractivity contribution in [3.63, 3.8) is 0 Å². The smallest absolute Gasteiger partial charge is 0.238 e. The van der Waals surface area contributed by atoms with E-state index in [1.165, 1.54) is 11.8 Å². The van der Waals surface area contributed by atoms with Crippen LogP contribution in [0.4, 0.5) is 5.69 Å². The summed E-state index contributed by atoms with van der Waals surface area (Å²) in [6, 6.07) is 8.23. The molecule has 134 valence electrons. The van der Waals surface area contributed by atoms with Gasteiger partial charge in [0.2, 0.25) is 11.8 Å². The number of amides is 2. The topological polar surface area (TPSA) is 64.7 Å². The number of benzene rings is 1. The number of para-hydroxylation sites is 1. The van der Waals surface area contributed by atoms with Crippen molar-refractivity contribution in [2.75, 3.05) is 44.6 Å². The molecule has 1 aromatic rings. The Hall–Kier alpha value is -1.57. The van der Waals surface area contributed by atoms with E-state index in [0.717, 1.165) is 56.3 Å². The Kier molecular flexibility index (Phi) is 4.96. The van der Waals surface area contributed by atoms with Crippen molar-refractivity contribution < 1.29 is 9.59 Å². The number of piperazine rings is 1. The van der Waals surface area contributed by atoms with E-state index >= 15 is 0 Å². The standard InChI is InChI=1S/C18H24N4O2S/c23-17(22-8-5-13(12-22)21-9-6-19-7-10-21)11-16-18(24)20-14-3-1-2-4-15(14)25-16/h1-4,13,16,19H,5-12H2,(H,20,24). The van der Waals surface area contributed by atoms with Crippen LogP contribution >= 0.6 is 11.8 Å². The first-order chi connectivity index (χ1) is 12.2. The summed E-state index contributed by atoms with van der Waals surface area (Å²) in [4.78, 5) is 30.5. The van der Waals surface area contributed by atoms with Crippen molar-refractivity contribution in [3.05, 3.63) is 24.3 Å². The van der Waals surface area contributed by atoms with Crippen LogP contribution in [0.3, 0.4) is 0 Å². The molecular weight excluding hydrogens is 336 g/mol. The Morgan fingerprint density at radius 1 is 1.20 bits per heavy atom. The lowest BCUT2D eigenvalue weighted by Crippen LogP contribution is -2.49. The van der Waals surface area contributed by atoms with Gasteiger partial charge in [0.05, 0.1) is 10.9 Å². The van der Waals surface area contributed by atoms with Crippen LogP contribution < -0.4 is 10.6 Å². The maximum atomic E-state index is 12.7. The number of likely N-dealkylation sites (tertiary alicyclic amines) is 1. The summed E-state index contributed by atoms with van der Waals surface area (Å²) >= 11 is 1.50. The van der Waals surface area contributed by atoms with Gasteiger partial charge in [-0.2, -0.15) is 0 Å². The Morgan fingerprint density at radius 2 is 2.00 bits per heavy atom. The number of anilines is 1. The van der Waals surface area contributed by atoms with Crippen LogP contribution in [0.15, 0.2) is 29.2 Å². The van der Waals surface area contributed by atoms with Gasteiger partial charge >= 0.3 is 0 Å². The molecule has 0 saturated carbocycles. The highest BCUT2D eigenvalue weighted by Crippen LogP contribution is 2.37. The Balaban J connectivity index is 1.34. The van der Waals surface area contributed by atoms with Crippen LogP contribution in [-0.2, 0) is 9.59 Å². The minimum Gasteiger partial charge on any atom is -0.341 e. The highest BCUT2D eigenvalue weighted by atomic mass is 32.2. The average molecular weight is 360 g/mol. The molecule has 4 rings (SSSR count). The molecule has 3 aliphatic heterocycles. The van der Waals surface area contributed by atoms with Crippen LogP contribution in [-0.4, -0.2) is 72.2 Å². The van der Waals surface area contributed by atoms with E-state index in [2.05, 4.69) is 15.5 Å². The fourth-order valence-corrected chi connectivity index (χ4v) is 4.93. The van der Waals surface area contributed by atoms with Crippen LogP contribution in [0.25, 0.3) is 0 Å². The van der Waals surface area contributed by atoms with Gasteiger partial charge in [0, 0.05) is 56.6 Å². The summed E-state index contributed by atoms with van der Waals surface area (Å²) in [5, 5.41) is 5.96. The molecule has 7 heteroatoms. The number of thioether (sulfide) groups is 1. The van der Waals surface area contributed by atoms with E-state index in [0.29, 0.717) is 6.04 Å². The number of carbonyl (C=O) groups excluding carboxylic acids is 2. The fourth-order valence-electron chi connectivity index (χ4n) is 3.83. The van der Waals surface area contributed by atoms with Crippen molar-refractivity contribution >= 4 is 29.3 Å². The van der Waals surface area contributed by atoms with Gasteiger partial charge in [-0.3, -0.25) is 14.5 Å². The first-order valence-electron chi connectivity index (χ1n) is 9.00. The summed E-state index contributed by atoms with van der Waals surface area (Å²) < 4.78 is 0. The third kappa shape index (κ3) is 3.68. The van der Waals surface area contributed by atoms with Crippen molar-refractivity contribution in [2.24, 2.45) is 0 Å². The Morgan fingerprint density at radius 3 is 2.84 bits per heavy atom. The van der Waals surface area contributed by atoms with E-state index in [4.69, 9.17) is 0 Å². The van der Waals surface area contributed by atoms with Gasteiger partial charge in [0.25, 0.3) is 0 Å². The molecule has 2 N–H and O–H groups in total. The maximum Gasteiger partial charge on any atom is 0.238 e. The molecule has 3 heterocycles. The van der Waals surface area contributed by atoms with Gasteiger partial charge in [0.1, 0.15) is 0 Å². The van der Waals surface area contributed by atoms with Crippen LogP contribution in [0.5, 0.6) is 0 Å². The zero-order chi connectivity index (χ0) is 17.2. The second kappa shape index (κ2) is 7.35. The number of hydrogen-bond donors (Lipinski definition) is 2. The largest absolute Gasteiger partial charge is 0.341 e. The maximum absolute atomic E-state index is 12.7. The minimum atomic E-state index is -0.333. The van der Waals surface area contributed by atoms with Gasteiger partial charge in [-0.1, -0.05) is 12.1 Å². The predicted octanol–water partition coefficient (Wildman–Crippen LogP) is 0.996. The van der Waals surface area contributed by atoms with Gasteiger partial charge in [-0.25, -0.2) is 0 Å². The number of fused-ring (bicyclic) bond motifs is 1. The zero-order valence-electron chi connectivity index (χ0n) is 14.2. The van der Waals surface area contributed by atoms with Gasteiger partial charge in [0.15, 0.2) is 0 Å². The normalized spacial score (nSPS) is 27.0. The molecular formula is C18H24N4O2S. The SMILES string of the molecule is O=C1Nc2ccccc2SC1CC(=O)N1CCC(N2CCNCC2)C1. The van der Waals surface area contributed by atoms with Gasteiger partial charge in [-0.05, 0) is 18.6 Å². The lowest BCUT2D eigenvalue weighted by atomic mass is 10.2. The first-order valence-corrected chi connectivity index (χ1v) is 9.88. The van der Waals surface area contributed by atoms with Crippen molar-refractivity contribution in [2.45, 2.75) is 29.0 Å². The lowest BCUT2D eigenvalue weighted by molar-refractivity contribution is -0.131. The van der Waals surface area contributed by atoms with E-state index in [1.54, 1.807) is 0 Å². The van der Waals surface area contributed by atoms with Crippen LogP contribution in [0.2, 0.25) is 0 Å². The third-order valence-corrected chi connectivity index (χ3v) is 6.53. The predicted molar refractivity (Wildman–Crippen MR) is 98.8 cm³/mol. The van der Waals surface area contributed by atoms with Crippen molar-refractivity contribution in [1.29, 1.82) is 0 Å². The first kappa shape index (κ1) is 16.9. The molecule has 0 bridgehead atoms. The molecule has 25 heavy (non-hydrogen) atoms. The fraction of sp³-hybridized carbons (Fsp3) is 0.556. The second-order valence-electron chi connectivity index (χ2n) is 6.86. The Bertz CT molecular complexity index is 662. The van der Waals surface area contributed by atoms with Crippen molar-refractivity contribution in [3.8, 4) is 0 Å². The second-order valence-corrected chi connectivity index (χ2v) is 8.11. The van der Waals surface area contributed by atoms with E-state index in [-0.39, 0.29) is 23.5 Å². The number of nitrogens with zero attached hydrogens (tertiary/aromatic N) is 2. The molecule has 0 aliphatic carbocycles. The Labute approximate surface area is 152 Å². The summed E-state index contributed by atoms with van der Waals surface area (Å²) in [6.07, 6.45) is 1.32. The number of nitrogens with one attached hydrogen (secondary N) is 2. The monoisotopic (exact) mass is 360 g/mol. The molecule has 0 aromatic heterocycles. The van der Waals surface area contributed by atoms with E-state index in [9.17, 15) is 9.59 Å². The molecule has 0 spiro atoms. The lowest BCUT2D eigenvalue weighted by Gasteiger charge is -2.32. The van der Waals surface area contributed by atoms with E-state index in [1.807, 2.05) is 29.2 Å². The zero-order valence-corrected chi connectivity index (χ0v) is 15.1. The van der Waals surface area contributed by atoms with Gasteiger partial charge in [-0.15, -0.1) is 11.8 Å². The third-order valence-electron chi connectivity index (χ3n) is 5.25. The summed E-state index contributed by atoms with van der Waals surface area (Å²) in [7, 11) is 0. The molecule has 2 atom stereocenters. The molecule has 2 amide bonds. The molecule has 0 radical (unpaired) electrons. The highest BCUT2D eigenvalue weighted by Gasteiger charge is 2.34. The van der Waals surface area contributed by atoms with Crippen LogP contribution in [0.1, 0.15) is 12.8 Å². The van der Waals surface area contributed by atoms with Gasteiger partial charge < -0.3 is 15.5 Å². The summed E-state index contributed by atoms with van der Waals surface area (Å²) in [6.45, 7) is 5.79. The van der Waals surface area contributed by atoms with Crippen molar-refractivity contribution in [1.82, 2.24) is 15.1 Å². The number of carbonyl (C=O) groups is 2. The quantitative estimate of drug-likeness (QED) is 0.842. The number of rotatable bonds is 3.